The van der Waals surface area contributed by atoms with Crippen LogP contribution in [0.1, 0.15) is 18.4 Å². The third-order valence-electron chi connectivity index (χ3n) is 3.51. The maximum Gasteiger partial charge on any atom is 0.416 e. The van der Waals surface area contributed by atoms with Gasteiger partial charge in [0.25, 0.3) is 0 Å². The zero-order valence-corrected chi connectivity index (χ0v) is 12.1. The van der Waals surface area contributed by atoms with Crippen LogP contribution in [-0.2, 0) is 6.18 Å². The summed E-state index contributed by atoms with van der Waals surface area (Å²) in [5.41, 5.74) is 0.141. The first-order chi connectivity index (χ1) is 10.5. The van der Waals surface area contributed by atoms with Gasteiger partial charge in [0.2, 0.25) is 0 Å². The van der Waals surface area contributed by atoms with Crippen molar-refractivity contribution in [1.82, 2.24) is 4.98 Å². The predicted octanol–water partition coefficient (Wildman–Crippen LogP) is 5.15. The molecule has 0 bridgehead atoms. The molecular weight excluding hydrogens is 313 g/mol. The Kier molecular flexibility index (Phi) is 2.94. The number of halogens is 3. The number of hydrogen-bond acceptors (Lipinski definition) is 4. The van der Waals surface area contributed by atoms with E-state index in [2.05, 4.69) is 10.3 Å². The summed E-state index contributed by atoms with van der Waals surface area (Å²) in [5, 5.41) is 6.57. The Labute approximate surface area is 127 Å². The van der Waals surface area contributed by atoms with E-state index in [1.54, 1.807) is 6.07 Å². The Bertz CT molecular complexity index is 833. The summed E-state index contributed by atoms with van der Waals surface area (Å²) in [6.45, 7) is 0. The number of thiazole rings is 1. The van der Waals surface area contributed by atoms with Crippen LogP contribution in [0.3, 0.4) is 0 Å². The van der Waals surface area contributed by atoms with Crippen LogP contribution in [0.2, 0.25) is 0 Å². The molecule has 7 heteroatoms. The minimum atomic E-state index is -4.37. The maximum atomic E-state index is 12.7. The molecule has 0 spiro atoms. The fraction of sp³-hybridized carbons (Fsp3) is 0.267. The molecule has 22 heavy (non-hydrogen) atoms. The lowest BCUT2D eigenvalue weighted by Gasteiger charge is -2.04. The van der Waals surface area contributed by atoms with Crippen LogP contribution in [0.15, 0.2) is 34.1 Å². The Morgan fingerprint density at radius 2 is 2.05 bits per heavy atom. The Morgan fingerprint density at radius 3 is 2.77 bits per heavy atom. The zero-order chi connectivity index (χ0) is 15.3. The fourth-order valence-electron chi connectivity index (χ4n) is 2.19. The highest BCUT2D eigenvalue weighted by Gasteiger charge is 2.31. The number of alkyl halides is 3. The number of anilines is 1. The van der Waals surface area contributed by atoms with E-state index in [9.17, 15) is 13.2 Å². The van der Waals surface area contributed by atoms with Crippen LogP contribution in [0, 0.1) is 0 Å². The number of aromatic nitrogens is 1. The van der Waals surface area contributed by atoms with Gasteiger partial charge in [-0.25, -0.2) is 4.98 Å². The van der Waals surface area contributed by atoms with Gasteiger partial charge in [-0.2, -0.15) is 13.2 Å². The molecule has 2 heterocycles. The Hall–Kier alpha value is -2.02. The molecule has 0 unspecified atom stereocenters. The van der Waals surface area contributed by atoms with Crippen molar-refractivity contribution in [2.24, 2.45) is 0 Å². The second-order valence-electron chi connectivity index (χ2n) is 5.32. The van der Waals surface area contributed by atoms with Crippen LogP contribution in [0.4, 0.5) is 18.3 Å². The van der Waals surface area contributed by atoms with Crippen LogP contribution in [0.5, 0.6) is 0 Å². The summed E-state index contributed by atoms with van der Waals surface area (Å²) in [6, 6.07) is 5.72. The van der Waals surface area contributed by atoms with E-state index in [0.29, 0.717) is 22.9 Å². The molecule has 114 valence electrons. The normalized spacial score (nSPS) is 15.4. The van der Waals surface area contributed by atoms with Crippen molar-refractivity contribution < 1.29 is 17.6 Å². The first-order valence-corrected chi connectivity index (χ1v) is 7.70. The number of nitrogens with zero attached hydrogens (tertiary/aromatic N) is 1. The first kappa shape index (κ1) is 13.6. The van der Waals surface area contributed by atoms with E-state index < -0.39 is 11.7 Å². The molecule has 1 aliphatic carbocycles. The van der Waals surface area contributed by atoms with Crippen molar-refractivity contribution in [3.05, 3.63) is 35.2 Å². The van der Waals surface area contributed by atoms with Crippen LogP contribution in [-0.4, -0.2) is 11.0 Å². The molecule has 1 aliphatic rings. The molecule has 0 aliphatic heterocycles. The standard InChI is InChI=1S/C15H11F3N2OS/c16-15(17,18)9-2-1-8-5-13(21-12(8)6-9)11-7-22-14(20-11)19-10-3-4-10/h1-2,5-7,10H,3-4H2,(H,19,20). The molecule has 0 amide bonds. The molecule has 3 nitrogen and oxygen atoms in total. The highest BCUT2D eigenvalue weighted by atomic mass is 32.1. The number of furan rings is 1. The molecule has 3 aromatic rings. The van der Waals surface area contributed by atoms with Gasteiger partial charge in [-0.1, -0.05) is 6.07 Å². The van der Waals surface area contributed by atoms with Gasteiger partial charge in [-0.3, -0.25) is 0 Å². The van der Waals surface area contributed by atoms with E-state index in [-0.39, 0.29) is 5.58 Å². The second kappa shape index (κ2) is 4.74. The number of nitrogens with one attached hydrogen (secondary N) is 1. The van der Waals surface area contributed by atoms with Gasteiger partial charge in [0.15, 0.2) is 10.9 Å². The highest BCUT2D eigenvalue weighted by Crippen LogP contribution is 2.35. The third kappa shape index (κ3) is 2.56. The van der Waals surface area contributed by atoms with E-state index in [0.717, 1.165) is 30.1 Å². The smallest absolute Gasteiger partial charge is 0.416 e. The monoisotopic (exact) mass is 324 g/mol. The van der Waals surface area contributed by atoms with E-state index in [1.165, 1.54) is 17.4 Å². The van der Waals surface area contributed by atoms with Gasteiger partial charge in [0.1, 0.15) is 11.3 Å². The average Bonchev–Trinajstić information content (AvgIpc) is 2.99. The molecule has 1 saturated carbocycles. The number of hydrogen-bond donors (Lipinski definition) is 1. The first-order valence-electron chi connectivity index (χ1n) is 6.82. The quantitative estimate of drug-likeness (QED) is 0.724. The molecule has 0 radical (unpaired) electrons. The van der Waals surface area contributed by atoms with Gasteiger partial charge in [0, 0.05) is 16.8 Å². The summed E-state index contributed by atoms with van der Waals surface area (Å²) in [4.78, 5) is 4.42. The van der Waals surface area contributed by atoms with Crippen molar-refractivity contribution in [2.75, 3.05) is 5.32 Å². The Balaban J connectivity index is 1.68. The predicted molar refractivity (Wildman–Crippen MR) is 79.0 cm³/mol. The summed E-state index contributed by atoms with van der Waals surface area (Å²) in [6.07, 6.45) is -2.07. The van der Waals surface area contributed by atoms with E-state index >= 15 is 0 Å². The lowest BCUT2D eigenvalue weighted by Crippen LogP contribution is -2.03. The second-order valence-corrected chi connectivity index (χ2v) is 6.18. The lowest BCUT2D eigenvalue weighted by molar-refractivity contribution is -0.137. The van der Waals surface area contributed by atoms with Gasteiger partial charge in [-0.05, 0) is 31.0 Å². The van der Waals surface area contributed by atoms with Gasteiger partial charge >= 0.3 is 6.18 Å². The van der Waals surface area contributed by atoms with Gasteiger partial charge in [-0.15, -0.1) is 11.3 Å². The molecule has 0 atom stereocenters. The molecule has 1 aromatic carbocycles. The third-order valence-corrected chi connectivity index (χ3v) is 4.28. The highest BCUT2D eigenvalue weighted by molar-refractivity contribution is 7.14. The number of rotatable bonds is 3. The molecule has 2 aromatic heterocycles. The van der Waals surface area contributed by atoms with Crippen LogP contribution >= 0.6 is 11.3 Å². The van der Waals surface area contributed by atoms with Gasteiger partial charge < -0.3 is 9.73 Å². The van der Waals surface area contributed by atoms with Crippen molar-refractivity contribution in [3.8, 4) is 11.5 Å². The molecule has 1 N–H and O–H groups in total. The molecular formula is C15H11F3N2OS. The maximum absolute atomic E-state index is 12.7. The van der Waals surface area contributed by atoms with Gasteiger partial charge in [0.05, 0.1) is 5.56 Å². The number of benzene rings is 1. The van der Waals surface area contributed by atoms with Crippen LogP contribution < -0.4 is 5.32 Å². The number of fused-ring (bicyclic) bond motifs is 1. The average molecular weight is 324 g/mol. The van der Waals surface area contributed by atoms with Crippen molar-refractivity contribution in [3.63, 3.8) is 0 Å². The van der Waals surface area contributed by atoms with Crippen molar-refractivity contribution >= 4 is 27.4 Å². The minimum Gasteiger partial charge on any atom is -0.454 e. The van der Waals surface area contributed by atoms with Crippen molar-refractivity contribution in [1.29, 1.82) is 0 Å². The molecule has 0 saturated heterocycles. The van der Waals surface area contributed by atoms with E-state index in [1.807, 2.05) is 5.38 Å². The zero-order valence-electron chi connectivity index (χ0n) is 11.3. The van der Waals surface area contributed by atoms with Crippen molar-refractivity contribution in [2.45, 2.75) is 25.1 Å². The molecule has 1 fully saturated rings. The Morgan fingerprint density at radius 1 is 1.23 bits per heavy atom. The van der Waals surface area contributed by atoms with Crippen LogP contribution in [0.25, 0.3) is 22.4 Å². The summed E-state index contributed by atoms with van der Waals surface area (Å²) in [7, 11) is 0. The SMILES string of the molecule is FC(F)(F)c1ccc2cc(-c3csc(NC4CC4)n3)oc2c1. The lowest BCUT2D eigenvalue weighted by atomic mass is 10.1. The topological polar surface area (TPSA) is 38.1 Å². The largest absolute Gasteiger partial charge is 0.454 e. The minimum absolute atomic E-state index is 0.217. The fourth-order valence-corrected chi connectivity index (χ4v) is 2.97. The summed E-state index contributed by atoms with van der Waals surface area (Å²) in [5.74, 6) is 0.481. The summed E-state index contributed by atoms with van der Waals surface area (Å²) < 4.78 is 43.7. The molecule has 4 rings (SSSR count). The summed E-state index contributed by atoms with van der Waals surface area (Å²) >= 11 is 1.47. The van der Waals surface area contributed by atoms with E-state index in [4.69, 9.17) is 4.42 Å².